The molecule has 0 aliphatic heterocycles. The Labute approximate surface area is 127 Å². The van der Waals surface area contributed by atoms with Gasteiger partial charge in [-0.25, -0.2) is 4.68 Å². The van der Waals surface area contributed by atoms with Gasteiger partial charge in [0, 0.05) is 12.2 Å². The summed E-state index contributed by atoms with van der Waals surface area (Å²) in [6.45, 7) is 4.93. The molecule has 0 spiro atoms. The highest BCUT2D eigenvalue weighted by atomic mass is 32.2. The number of amides is 1. The molecule has 7 nitrogen and oxygen atoms in total. The molecule has 112 valence electrons. The topological polar surface area (TPSA) is 98.7 Å². The Hall–Kier alpha value is -1.93. The van der Waals surface area contributed by atoms with Crippen LogP contribution in [-0.2, 0) is 11.3 Å². The summed E-state index contributed by atoms with van der Waals surface area (Å²) in [5.41, 5.74) is 8.43. The quantitative estimate of drug-likeness (QED) is 0.772. The number of nitrogens with two attached hydrogens (primary N) is 1. The zero-order valence-electron chi connectivity index (χ0n) is 12.0. The number of carbonyl (C=O) groups excluding carboxylic acids is 1. The third-order valence-corrected chi connectivity index (χ3v) is 3.87. The second-order valence-electron chi connectivity index (χ2n) is 4.58. The van der Waals surface area contributed by atoms with E-state index in [9.17, 15) is 4.79 Å². The van der Waals surface area contributed by atoms with Crippen LogP contribution < -0.4 is 11.1 Å². The monoisotopic (exact) mass is 306 g/mol. The number of hydrogen-bond donors (Lipinski definition) is 2. The van der Waals surface area contributed by atoms with Crippen LogP contribution in [0.3, 0.4) is 0 Å². The summed E-state index contributed by atoms with van der Waals surface area (Å²) in [6.07, 6.45) is 0. The van der Waals surface area contributed by atoms with Crippen LogP contribution in [0.5, 0.6) is 0 Å². The lowest BCUT2D eigenvalue weighted by atomic mass is 10.1. The van der Waals surface area contributed by atoms with Gasteiger partial charge in [0.05, 0.1) is 12.3 Å². The van der Waals surface area contributed by atoms with Crippen molar-refractivity contribution in [3.05, 3.63) is 29.3 Å². The lowest BCUT2D eigenvalue weighted by Gasteiger charge is -2.11. The van der Waals surface area contributed by atoms with Gasteiger partial charge in [-0.15, -0.1) is 5.10 Å². The summed E-state index contributed by atoms with van der Waals surface area (Å²) in [4.78, 5) is 12.0. The number of aromatic nitrogens is 4. The molecule has 0 atom stereocenters. The van der Waals surface area contributed by atoms with Gasteiger partial charge in [-0.3, -0.25) is 4.79 Å². The highest BCUT2D eigenvalue weighted by Gasteiger charge is 2.11. The van der Waals surface area contributed by atoms with Gasteiger partial charge in [0.15, 0.2) is 0 Å². The molecule has 0 fully saturated rings. The van der Waals surface area contributed by atoms with Crippen molar-refractivity contribution < 1.29 is 4.79 Å². The normalized spacial score (nSPS) is 10.6. The Kier molecular flexibility index (Phi) is 5.29. The molecule has 1 aromatic heterocycles. The molecule has 0 bridgehead atoms. The van der Waals surface area contributed by atoms with Gasteiger partial charge in [0.1, 0.15) is 0 Å². The van der Waals surface area contributed by atoms with Gasteiger partial charge in [0.25, 0.3) is 0 Å². The first-order valence-corrected chi connectivity index (χ1v) is 7.55. The van der Waals surface area contributed by atoms with Crippen LogP contribution >= 0.6 is 11.8 Å². The van der Waals surface area contributed by atoms with Crippen molar-refractivity contribution in [3.8, 4) is 0 Å². The molecule has 1 amide bonds. The Morgan fingerprint density at radius 1 is 1.38 bits per heavy atom. The van der Waals surface area contributed by atoms with E-state index in [0.29, 0.717) is 18.2 Å². The van der Waals surface area contributed by atoms with Gasteiger partial charge in [-0.1, -0.05) is 30.0 Å². The molecule has 2 rings (SSSR count). The SMILES string of the molecule is Cc1cccc(C)c1NC(=O)CSc1nnnn1CCN. The lowest BCUT2D eigenvalue weighted by Crippen LogP contribution is -2.17. The molecule has 1 heterocycles. The Morgan fingerprint density at radius 2 is 2.10 bits per heavy atom. The largest absolute Gasteiger partial charge is 0.329 e. The van der Waals surface area contributed by atoms with Crippen molar-refractivity contribution in [2.24, 2.45) is 5.73 Å². The highest BCUT2D eigenvalue weighted by Crippen LogP contribution is 2.20. The van der Waals surface area contributed by atoms with Gasteiger partial charge in [-0.2, -0.15) is 0 Å². The van der Waals surface area contributed by atoms with E-state index in [-0.39, 0.29) is 11.7 Å². The van der Waals surface area contributed by atoms with E-state index in [2.05, 4.69) is 20.8 Å². The van der Waals surface area contributed by atoms with Crippen molar-refractivity contribution in [1.82, 2.24) is 20.2 Å². The molecule has 3 N–H and O–H groups in total. The molecule has 0 unspecified atom stereocenters. The molecule has 1 aromatic carbocycles. The highest BCUT2D eigenvalue weighted by molar-refractivity contribution is 7.99. The molecular weight excluding hydrogens is 288 g/mol. The second kappa shape index (κ2) is 7.19. The van der Waals surface area contributed by atoms with E-state index in [4.69, 9.17) is 5.73 Å². The van der Waals surface area contributed by atoms with Crippen molar-refractivity contribution in [2.45, 2.75) is 25.5 Å². The van der Waals surface area contributed by atoms with E-state index in [0.717, 1.165) is 16.8 Å². The van der Waals surface area contributed by atoms with Crippen LogP contribution in [0, 0.1) is 13.8 Å². The zero-order valence-corrected chi connectivity index (χ0v) is 12.9. The minimum absolute atomic E-state index is 0.0836. The molecule has 8 heteroatoms. The summed E-state index contributed by atoms with van der Waals surface area (Å²) in [7, 11) is 0. The van der Waals surface area contributed by atoms with Crippen LogP contribution in [0.2, 0.25) is 0 Å². The van der Waals surface area contributed by atoms with Gasteiger partial charge < -0.3 is 11.1 Å². The van der Waals surface area contributed by atoms with Crippen LogP contribution in [0.15, 0.2) is 23.4 Å². The fourth-order valence-corrected chi connectivity index (χ4v) is 2.58. The molecule has 2 aromatic rings. The number of hydrogen-bond acceptors (Lipinski definition) is 6. The maximum atomic E-state index is 12.0. The number of rotatable bonds is 6. The molecule has 21 heavy (non-hydrogen) atoms. The minimum atomic E-state index is -0.0836. The van der Waals surface area contributed by atoms with Gasteiger partial charge in [0.2, 0.25) is 11.1 Å². The van der Waals surface area contributed by atoms with E-state index in [1.807, 2.05) is 32.0 Å². The van der Waals surface area contributed by atoms with Crippen LogP contribution in [0.1, 0.15) is 11.1 Å². The van der Waals surface area contributed by atoms with E-state index in [1.54, 1.807) is 4.68 Å². The van der Waals surface area contributed by atoms with E-state index in [1.165, 1.54) is 11.8 Å². The third-order valence-electron chi connectivity index (χ3n) is 2.92. The maximum absolute atomic E-state index is 12.0. The van der Waals surface area contributed by atoms with Crippen molar-refractivity contribution in [2.75, 3.05) is 17.6 Å². The van der Waals surface area contributed by atoms with Crippen molar-refractivity contribution in [1.29, 1.82) is 0 Å². The molecule has 0 aliphatic carbocycles. The van der Waals surface area contributed by atoms with E-state index < -0.39 is 0 Å². The third kappa shape index (κ3) is 4.02. The number of carbonyl (C=O) groups is 1. The van der Waals surface area contributed by atoms with E-state index >= 15 is 0 Å². The summed E-state index contributed by atoms with van der Waals surface area (Å²) < 4.78 is 1.59. The number of para-hydroxylation sites is 1. The number of nitrogens with zero attached hydrogens (tertiary/aromatic N) is 4. The van der Waals surface area contributed by atoms with Crippen LogP contribution in [0.25, 0.3) is 0 Å². The number of anilines is 1. The van der Waals surface area contributed by atoms with Gasteiger partial charge in [-0.05, 0) is 35.4 Å². The van der Waals surface area contributed by atoms with Crippen molar-refractivity contribution >= 4 is 23.4 Å². The first-order valence-electron chi connectivity index (χ1n) is 6.57. The number of thioether (sulfide) groups is 1. The average molecular weight is 306 g/mol. The number of nitrogens with one attached hydrogen (secondary N) is 1. The maximum Gasteiger partial charge on any atom is 0.234 e. The molecule has 0 aliphatic rings. The predicted octanol–water partition coefficient (Wildman–Crippen LogP) is 0.979. The Morgan fingerprint density at radius 3 is 2.76 bits per heavy atom. The van der Waals surface area contributed by atoms with Crippen molar-refractivity contribution in [3.63, 3.8) is 0 Å². The Balaban J connectivity index is 1.95. The van der Waals surface area contributed by atoms with Crippen LogP contribution in [0.4, 0.5) is 5.69 Å². The average Bonchev–Trinajstić information content (AvgIpc) is 2.89. The lowest BCUT2D eigenvalue weighted by molar-refractivity contribution is -0.113. The summed E-state index contributed by atoms with van der Waals surface area (Å²) in [5.74, 6) is 0.165. The number of benzene rings is 1. The fourth-order valence-electron chi connectivity index (χ4n) is 1.88. The molecular formula is C13H18N6OS. The van der Waals surface area contributed by atoms with Gasteiger partial charge >= 0.3 is 0 Å². The summed E-state index contributed by atoms with van der Waals surface area (Å²) in [5, 5.41) is 14.8. The smallest absolute Gasteiger partial charge is 0.234 e. The fraction of sp³-hybridized carbons (Fsp3) is 0.385. The number of tetrazole rings is 1. The first kappa shape index (κ1) is 15.5. The standard InChI is InChI=1S/C13H18N6OS/c1-9-4-3-5-10(2)12(9)15-11(20)8-21-13-16-17-18-19(13)7-6-14/h3-5H,6-8,14H2,1-2H3,(H,15,20). The predicted molar refractivity (Wildman–Crippen MR) is 82.1 cm³/mol. The molecule has 0 saturated heterocycles. The Bertz CT molecular complexity index is 607. The second-order valence-corrected chi connectivity index (χ2v) is 5.52. The first-order chi connectivity index (χ1) is 10.1. The summed E-state index contributed by atoms with van der Waals surface area (Å²) in [6, 6.07) is 5.91. The minimum Gasteiger partial charge on any atom is -0.329 e. The summed E-state index contributed by atoms with van der Waals surface area (Å²) >= 11 is 1.29. The van der Waals surface area contributed by atoms with Crippen LogP contribution in [-0.4, -0.2) is 38.4 Å². The molecule has 0 radical (unpaired) electrons. The number of aryl methyl sites for hydroxylation is 2. The molecule has 0 saturated carbocycles. The zero-order chi connectivity index (χ0) is 15.2.